The number of hydrogen-bond acceptors (Lipinski definition) is 4. The molecule has 0 aliphatic rings. The highest BCUT2D eigenvalue weighted by molar-refractivity contribution is 7.90. The Kier molecular flexibility index (Phi) is 6.50. The molecular weight excluding hydrogens is 379 g/mol. The van der Waals surface area contributed by atoms with E-state index in [0.717, 1.165) is 10.9 Å². The lowest BCUT2D eigenvalue weighted by Gasteiger charge is -2.26. The van der Waals surface area contributed by atoms with Crippen LogP contribution in [0.5, 0.6) is 5.75 Å². The minimum Gasteiger partial charge on any atom is -0.598 e. The van der Waals surface area contributed by atoms with Gasteiger partial charge in [-0.1, -0.05) is 23.2 Å². The van der Waals surface area contributed by atoms with Gasteiger partial charge in [-0.05, 0) is 53.7 Å². The minimum absolute atomic E-state index is 0.0151. The van der Waals surface area contributed by atoms with Gasteiger partial charge in [0.15, 0.2) is 0 Å². The van der Waals surface area contributed by atoms with Crippen molar-refractivity contribution in [2.45, 2.75) is 58.4 Å². The molecule has 1 N–H and O–H groups in total. The molecule has 1 aromatic heterocycles. The topological polar surface area (TPSA) is 57.2 Å². The lowest BCUT2D eigenvalue weighted by atomic mass is 10.1. The molecule has 0 fully saturated rings. The Morgan fingerprint density at radius 1 is 1.16 bits per heavy atom. The summed E-state index contributed by atoms with van der Waals surface area (Å²) in [6.45, 7) is 11.5. The Balaban J connectivity index is 2.38. The first-order valence-electron chi connectivity index (χ1n) is 8.13. The van der Waals surface area contributed by atoms with Crippen molar-refractivity contribution in [1.82, 2.24) is 9.71 Å². The molecule has 2 aromatic rings. The zero-order chi connectivity index (χ0) is 18.9. The fourth-order valence-corrected chi connectivity index (χ4v) is 3.54. The van der Waals surface area contributed by atoms with Crippen molar-refractivity contribution in [3.05, 3.63) is 33.9 Å². The zero-order valence-electron chi connectivity index (χ0n) is 15.3. The smallest absolute Gasteiger partial charge is 0.140 e. The van der Waals surface area contributed by atoms with Gasteiger partial charge in [0.2, 0.25) is 0 Å². The van der Waals surface area contributed by atoms with Gasteiger partial charge < -0.3 is 9.29 Å². The Bertz CT molecular complexity index is 763. The quantitative estimate of drug-likeness (QED) is 0.533. The fourth-order valence-electron chi connectivity index (χ4n) is 2.22. The zero-order valence-corrected chi connectivity index (χ0v) is 17.6. The highest BCUT2D eigenvalue weighted by Crippen LogP contribution is 2.33. The molecule has 0 amide bonds. The molecule has 2 atom stereocenters. The van der Waals surface area contributed by atoms with Crippen molar-refractivity contribution in [2.24, 2.45) is 0 Å². The first-order chi connectivity index (χ1) is 11.5. The fraction of sp³-hybridized carbons (Fsp3) is 0.500. The molecule has 4 nitrogen and oxygen atoms in total. The number of nitrogens with one attached hydrogen (secondary N) is 1. The van der Waals surface area contributed by atoms with E-state index in [9.17, 15) is 4.55 Å². The number of pyridine rings is 1. The summed E-state index contributed by atoms with van der Waals surface area (Å²) in [5.74, 6) is 0.584. The van der Waals surface area contributed by atoms with Crippen molar-refractivity contribution < 1.29 is 9.29 Å². The standard InChI is InChI=1S/C18H24Cl2N2O2S/c1-10(2)24-16-9-15-12(8-14(16)19)7-13(17(20)21-15)11(3)22-25(23)18(4,5)6/h7-11,22H,1-6H3/t11-,25-/m1/s1. The molecule has 0 unspecified atom stereocenters. The number of hydrogen-bond donors (Lipinski definition) is 1. The SMILES string of the molecule is CC(C)Oc1cc2nc(Cl)c([C@@H](C)N[S@+]([O-])C(C)(C)C)cc2cc1Cl. The second-order valence-corrected chi connectivity index (χ2v) is 9.99. The van der Waals surface area contributed by atoms with Crippen LogP contribution in [0.2, 0.25) is 10.2 Å². The molecule has 7 heteroatoms. The van der Waals surface area contributed by atoms with Gasteiger partial charge >= 0.3 is 0 Å². The molecule has 2 rings (SSSR count). The summed E-state index contributed by atoms with van der Waals surface area (Å²) in [7, 11) is 0. The van der Waals surface area contributed by atoms with Crippen LogP contribution in [0.4, 0.5) is 0 Å². The maximum absolute atomic E-state index is 12.3. The van der Waals surface area contributed by atoms with E-state index >= 15 is 0 Å². The van der Waals surface area contributed by atoms with Crippen LogP contribution in [0.25, 0.3) is 10.9 Å². The van der Waals surface area contributed by atoms with E-state index in [-0.39, 0.29) is 16.9 Å². The number of aromatic nitrogens is 1. The Labute approximate surface area is 162 Å². The van der Waals surface area contributed by atoms with E-state index in [0.29, 0.717) is 21.4 Å². The third-order valence-electron chi connectivity index (χ3n) is 3.52. The molecular formula is C18H24Cl2N2O2S. The molecule has 0 radical (unpaired) electrons. The third-order valence-corrected chi connectivity index (χ3v) is 5.80. The van der Waals surface area contributed by atoms with Gasteiger partial charge in [-0.25, -0.2) is 4.98 Å². The first-order valence-corrected chi connectivity index (χ1v) is 10.0. The molecule has 0 bridgehead atoms. The van der Waals surface area contributed by atoms with Crippen LogP contribution < -0.4 is 9.46 Å². The second kappa shape index (κ2) is 7.89. The van der Waals surface area contributed by atoms with Gasteiger partial charge in [-0.2, -0.15) is 0 Å². The number of fused-ring (bicyclic) bond motifs is 1. The predicted octanol–water partition coefficient (Wildman–Crippen LogP) is 5.44. The largest absolute Gasteiger partial charge is 0.598 e. The van der Waals surface area contributed by atoms with Gasteiger partial charge in [-0.3, -0.25) is 0 Å². The number of rotatable bonds is 5. The molecule has 138 valence electrons. The van der Waals surface area contributed by atoms with Gasteiger partial charge in [-0.15, -0.1) is 4.72 Å². The van der Waals surface area contributed by atoms with E-state index in [1.54, 1.807) is 6.07 Å². The first kappa shape index (κ1) is 20.6. The second-order valence-electron chi connectivity index (χ2n) is 7.23. The highest BCUT2D eigenvalue weighted by Gasteiger charge is 2.29. The normalized spacial score (nSPS) is 14.8. The van der Waals surface area contributed by atoms with Gasteiger partial charge in [0.1, 0.15) is 15.6 Å². The summed E-state index contributed by atoms with van der Waals surface area (Å²) >= 11 is 11.5. The number of ether oxygens (including phenoxy) is 1. The van der Waals surface area contributed by atoms with Crippen LogP contribution in [0.1, 0.15) is 53.1 Å². The summed E-state index contributed by atoms with van der Waals surface area (Å²) < 4.78 is 20.7. The molecule has 0 aliphatic heterocycles. The van der Waals surface area contributed by atoms with Crippen molar-refractivity contribution in [3.8, 4) is 5.75 Å². The number of halogens is 2. The lowest BCUT2D eigenvalue weighted by Crippen LogP contribution is -2.40. The number of nitrogens with zero attached hydrogens (tertiary/aromatic N) is 1. The molecule has 25 heavy (non-hydrogen) atoms. The van der Waals surface area contributed by atoms with Gasteiger partial charge in [0, 0.05) is 28.4 Å². The molecule has 0 saturated heterocycles. The Morgan fingerprint density at radius 3 is 2.36 bits per heavy atom. The van der Waals surface area contributed by atoms with E-state index in [1.165, 1.54) is 0 Å². The molecule has 0 spiro atoms. The van der Waals surface area contributed by atoms with E-state index in [4.69, 9.17) is 27.9 Å². The monoisotopic (exact) mass is 402 g/mol. The molecule has 1 heterocycles. The van der Waals surface area contributed by atoms with Crippen LogP contribution in [0.15, 0.2) is 18.2 Å². The molecule has 1 aromatic carbocycles. The van der Waals surface area contributed by atoms with Crippen LogP contribution in [-0.2, 0) is 11.4 Å². The maximum atomic E-state index is 12.3. The third kappa shape index (κ3) is 5.14. The summed E-state index contributed by atoms with van der Waals surface area (Å²) in [5.41, 5.74) is 1.48. The molecule has 0 saturated carbocycles. The molecule has 0 aliphatic carbocycles. The van der Waals surface area contributed by atoms with Crippen LogP contribution in [0, 0.1) is 0 Å². The summed E-state index contributed by atoms with van der Waals surface area (Å²) in [6, 6.07) is 5.32. The average molecular weight is 403 g/mol. The minimum atomic E-state index is -1.21. The van der Waals surface area contributed by atoms with Crippen molar-refractivity contribution >= 4 is 45.5 Å². The van der Waals surface area contributed by atoms with Gasteiger partial charge in [0.25, 0.3) is 0 Å². The van der Waals surface area contributed by atoms with Crippen molar-refractivity contribution in [3.63, 3.8) is 0 Å². The van der Waals surface area contributed by atoms with E-state index in [1.807, 2.05) is 53.7 Å². The summed E-state index contributed by atoms with van der Waals surface area (Å²) in [4.78, 5) is 4.46. The Hall–Kier alpha value is -0.720. The van der Waals surface area contributed by atoms with Gasteiger partial charge in [0.05, 0.1) is 22.7 Å². The summed E-state index contributed by atoms with van der Waals surface area (Å²) in [5, 5.41) is 1.75. The number of benzene rings is 1. The van der Waals surface area contributed by atoms with Crippen molar-refractivity contribution in [2.75, 3.05) is 0 Å². The van der Waals surface area contributed by atoms with Crippen LogP contribution in [-0.4, -0.2) is 20.4 Å². The maximum Gasteiger partial charge on any atom is 0.140 e. The van der Waals surface area contributed by atoms with E-state index < -0.39 is 11.4 Å². The lowest BCUT2D eigenvalue weighted by molar-refractivity contribution is 0.243. The van der Waals surface area contributed by atoms with E-state index in [2.05, 4.69) is 9.71 Å². The van der Waals surface area contributed by atoms with Crippen LogP contribution in [0.3, 0.4) is 0 Å². The average Bonchev–Trinajstić information content (AvgIpc) is 2.46. The van der Waals surface area contributed by atoms with Crippen LogP contribution >= 0.6 is 23.2 Å². The predicted molar refractivity (Wildman–Crippen MR) is 107 cm³/mol. The Morgan fingerprint density at radius 2 is 1.80 bits per heavy atom. The highest BCUT2D eigenvalue weighted by atomic mass is 35.5. The van der Waals surface area contributed by atoms with Crippen molar-refractivity contribution in [1.29, 1.82) is 0 Å². The summed E-state index contributed by atoms with van der Waals surface area (Å²) in [6.07, 6.45) is 0.0151.